The lowest BCUT2D eigenvalue weighted by Gasteiger charge is -2.41. The molecule has 0 aromatic heterocycles. The van der Waals surface area contributed by atoms with Gasteiger partial charge in [0.05, 0.1) is 6.54 Å². The Balaban J connectivity index is 2.11. The molecule has 1 aliphatic carbocycles. The number of nitrogens with one attached hydrogen (secondary N) is 1. The molecule has 2 fully saturated rings. The first-order valence-corrected chi connectivity index (χ1v) is 7.83. The van der Waals surface area contributed by atoms with E-state index in [-0.39, 0.29) is 23.9 Å². The van der Waals surface area contributed by atoms with Crippen molar-refractivity contribution in [3.63, 3.8) is 0 Å². The van der Waals surface area contributed by atoms with Crippen LogP contribution in [0.15, 0.2) is 0 Å². The van der Waals surface area contributed by atoms with E-state index >= 15 is 0 Å². The largest absolute Gasteiger partial charge is 0.368 e. The zero-order chi connectivity index (χ0) is 14.6. The number of carbonyl (C=O) groups excluding carboxylic acids is 2. The van der Waals surface area contributed by atoms with E-state index in [9.17, 15) is 9.59 Å². The molecular formula is C15H27N3O2. The number of hydrogen-bond donors (Lipinski definition) is 2. The predicted molar refractivity (Wildman–Crippen MR) is 78.0 cm³/mol. The maximum absolute atomic E-state index is 12.9. The van der Waals surface area contributed by atoms with Crippen molar-refractivity contribution in [2.24, 2.45) is 11.1 Å². The molecule has 0 bridgehead atoms. The summed E-state index contributed by atoms with van der Waals surface area (Å²) in [5, 5.41) is 3.31. The first-order valence-electron chi connectivity index (χ1n) is 7.83. The van der Waals surface area contributed by atoms with Crippen LogP contribution in [0.5, 0.6) is 0 Å². The minimum absolute atomic E-state index is 0.0563. The molecular weight excluding hydrogens is 254 g/mol. The van der Waals surface area contributed by atoms with Crippen molar-refractivity contribution >= 4 is 11.8 Å². The van der Waals surface area contributed by atoms with Crippen molar-refractivity contribution in [1.82, 2.24) is 10.2 Å². The van der Waals surface area contributed by atoms with Gasteiger partial charge in [0.2, 0.25) is 11.8 Å². The third kappa shape index (κ3) is 3.51. The Morgan fingerprint density at radius 2 is 1.95 bits per heavy atom. The van der Waals surface area contributed by atoms with E-state index < -0.39 is 5.91 Å². The highest BCUT2D eigenvalue weighted by atomic mass is 16.2. The third-order valence-corrected chi connectivity index (χ3v) is 4.77. The molecule has 114 valence electrons. The topological polar surface area (TPSA) is 75.4 Å². The summed E-state index contributed by atoms with van der Waals surface area (Å²) in [6.45, 7) is 3.88. The highest BCUT2D eigenvalue weighted by Crippen LogP contribution is 2.38. The Bertz CT molecular complexity index is 358. The van der Waals surface area contributed by atoms with Crippen LogP contribution in [0, 0.1) is 5.41 Å². The lowest BCUT2D eigenvalue weighted by molar-refractivity contribution is -0.148. The zero-order valence-corrected chi connectivity index (χ0v) is 12.5. The van der Waals surface area contributed by atoms with Gasteiger partial charge < -0.3 is 16.0 Å². The molecule has 0 aromatic rings. The molecule has 3 N–H and O–H groups in total. The molecule has 1 heterocycles. The summed E-state index contributed by atoms with van der Waals surface area (Å²) in [7, 11) is 0. The van der Waals surface area contributed by atoms with Crippen LogP contribution in [0.2, 0.25) is 0 Å². The maximum atomic E-state index is 12.9. The summed E-state index contributed by atoms with van der Waals surface area (Å²) in [6, 6.07) is 0.113. The zero-order valence-electron chi connectivity index (χ0n) is 12.5. The molecule has 20 heavy (non-hydrogen) atoms. The molecule has 1 saturated heterocycles. The van der Waals surface area contributed by atoms with E-state index in [0.29, 0.717) is 0 Å². The van der Waals surface area contributed by atoms with Gasteiger partial charge in [-0.3, -0.25) is 9.59 Å². The standard InChI is InChI=1S/C15H27N3O2/c1-15(7-3-2-4-8-15)14(20)18(11-13(16)19)12-6-5-9-17-10-12/h12,17H,2-11H2,1H3,(H2,16,19). The second-order valence-corrected chi connectivity index (χ2v) is 6.52. The highest BCUT2D eigenvalue weighted by molar-refractivity contribution is 5.87. The number of piperidine rings is 1. The van der Waals surface area contributed by atoms with E-state index in [1.165, 1.54) is 6.42 Å². The maximum Gasteiger partial charge on any atom is 0.237 e. The second-order valence-electron chi connectivity index (χ2n) is 6.52. The predicted octanol–water partition coefficient (Wildman–Crippen LogP) is 1.02. The van der Waals surface area contributed by atoms with Gasteiger partial charge in [0.1, 0.15) is 0 Å². The van der Waals surface area contributed by atoms with Crippen LogP contribution in [0.1, 0.15) is 51.9 Å². The monoisotopic (exact) mass is 281 g/mol. The van der Waals surface area contributed by atoms with Crippen LogP contribution in [-0.4, -0.2) is 42.4 Å². The number of hydrogen-bond acceptors (Lipinski definition) is 3. The Morgan fingerprint density at radius 1 is 1.25 bits per heavy atom. The number of amides is 2. The summed E-state index contributed by atoms with van der Waals surface area (Å²) in [4.78, 5) is 26.0. The fourth-order valence-electron chi connectivity index (χ4n) is 3.53. The summed E-state index contributed by atoms with van der Waals surface area (Å²) in [5.41, 5.74) is 5.06. The van der Waals surface area contributed by atoms with E-state index in [1.807, 2.05) is 0 Å². The fourth-order valence-corrected chi connectivity index (χ4v) is 3.53. The Hall–Kier alpha value is -1.10. The van der Waals surface area contributed by atoms with Gasteiger partial charge >= 0.3 is 0 Å². The molecule has 5 nitrogen and oxygen atoms in total. The minimum atomic E-state index is -0.414. The van der Waals surface area contributed by atoms with E-state index in [4.69, 9.17) is 5.73 Å². The first kappa shape index (κ1) is 15.3. The molecule has 0 aromatic carbocycles. The van der Waals surface area contributed by atoms with Crippen LogP contribution >= 0.6 is 0 Å². The second kappa shape index (κ2) is 6.57. The van der Waals surface area contributed by atoms with Gasteiger partial charge in [0.25, 0.3) is 0 Å². The fraction of sp³-hybridized carbons (Fsp3) is 0.867. The third-order valence-electron chi connectivity index (χ3n) is 4.77. The van der Waals surface area contributed by atoms with Crippen LogP contribution < -0.4 is 11.1 Å². The molecule has 1 atom stereocenters. The number of rotatable bonds is 4. The minimum Gasteiger partial charge on any atom is -0.368 e. The van der Waals surface area contributed by atoms with Crippen LogP contribution in [-0.2, 0) is 9.59 Å². The van der Waals surface area contributed by atoms with Gasteiger partial charge in [0.15, 0.2) is 0 Å². The first-order chi connectivity index (χ1) is 9.53. The molecule has 2 rings (SSSR count). The van der Waals surface area contributed by atoms with Crippen molar-refractivity contribution in [3.05, 3.63) is 0 Å². The smallest absolute Gasteiger partial charge is 0.237 e. The number of carbonyl (C=O) groups is 2. The number of nitrogens with zero attached hydrogens (tertiary/aromatic N) is 1. The Morgan fingerprint density at radius 3 is 2.50 bits per heavy atom. The molecule has 1 aliphatic heterocycles. The van der Waals surface area contributed by atoms with E-state index in [2.05, 4.69) is 12.2 Å². The summed E-state index contributed by atoms with van der Waals surface area (Å²) in [6.07, 6.45) is 7.29. The van der Waals surface area contributed by atoms with Gasteiger partial charge in [0, 0.05) is 18.0 Å². The summed E-state index contributed by atoms with van der Waals surface area (Å²) in [5.74, 6) is -0.284. The average molecular weight is 281 g/mol. The molecule has 1 unspecified atom stereocenters. The highest BCUT2D eigenvalue weighted by Gasteiger charge is 2.40. The van der Waals surface area contributed by atoms with Crippen molar-refractivity contribution in [2.75, 3.05) is 19.6 Å². The van der Waals surface area contributed by atoms with Crippen molar-refractivity contribution in [1.29, 1.82) is 0 Å². The summed E-state index contributed by atoms with van der Waals surface area (Å²) >= 11 is 0. The quantitative estimate of drug-likeness (QED) is 0.808. The Labute approximate surface area is 121 Å². The SMILES string of the molecule is CC1(C(=O)N(CC(N)=O)C2CCCNC2)CCCCC1. The number of nitrogens with two attached hydrogens (primary N) is 1. The van der Waals surface area contributed by atoms with Crippen LogP contribution in [0.4, 0.5) is 0 Å². The molecule has 2 aliphatic rings. The summed E-state index contributed by atoms with van der Waals surface area (Å²) < 4.78 is 0. The Kier molecular flexibility index (Phi) is 5.02. The van der Waals surface area contributed by atoms with Crippen molar-refractivity contribution in [2.45, 2.75) is 57.9 Å². The van der Waals surface area contributed by atoms with Gasteiger partial charge in [-0.25, -0.2) is 0 Å². The van der Waals surface area contributed by atoms with Crippen molar-refractivity contribution in [3.8, 4) is 0 Å². The number of primary amides is 1. The molecule has 5 heteroatoms. The van der Waals surface area contributed by atoms with Crippen molar-refractivity contribution < 1.29 is 9.59 Å². The van der Waals surface area contributed by atoms with Gasteiger partial charge in [-0.1, -0.05) is 26.2 Å². The lowest BCUT2D eigenvalue weighted by atomic mass is 9.74. The van der Waals surface area contributed by atoms with Crippen LogP contribution in [0.3, 0.4) is 0 Å². The lowest BCUT2D eigenvalue weighted by Crippen LogP contribution is -2.55. The molecule has 1 saturated carbocycles. The van der Waals surface area contributed by atoms with Gasteiger partial charge in [-0.05, 0) is 32.2 Å². The molecule has 0 spiro atoms. The van der Waals surface area contributed by atoms with E-state index in [0.717, 1.165) is 51.6 Å². The van der Waals surface area contributed by atoms with Gasteiger partial charge in [-0.15, -0.1) is 0 Å². The van der Waals surface area contributed by atoms with E-state index in [1.54, 1.807) is 4.90 Å². The van der Waals surface area contributed by atoms with Crippen LogP contribution in [0.25, 0.3) is 0 Å². The van der Waals surface area contributed by atoms with Gasteiger partial charge in [-0.2, -0.15) is 0 Å². The molecule has 0 radical (unpaired) electrons. The molecule has 2 amide bonds. The average Bonchev–Trinajstić information content (AvgIpc) is 2.45. The normalized spacial score (nSPS) is 25.9.